The summed E-state index contributed by atoms with van der Waals surface area (Å²) in [7, 11) is 1.32. The highest BCUT2D eigenvalue weighted by Gasteiger charge is 2.25. The van der Waals surface area contributed by atoms with E-state index < -0.39 is 12.1 Å². The largest absolute Gasteiger partial charge is 0.473 e. The lowest BCUT2D eigenvalue weighted by molar-refractivity contribution is -0.149. The summed E-state index contributed by atoms with van der Waals surface area (Å²) in [6.45, 7) is 5.42. The average Bonchev–Trinajstić information content (AvgIpc) is 2.63. The predicted octanol–water partition coefficient (Wildman–Crippen LogP) is 4.01. The molecule has 0 amide bonds. The van der Waals surface area contributed by atoms with E-state index in [2.05, 4.69) is 0 Å². The second-order valence-corrected chi connectivity index (χ2v) is 6.21. The zero-order chi connectivity index (χ0) is 18.8. The number of rotatable bonds is 4. The summed E-state index contributed by atoms with van der Waals surface area (Å²) in [4.78, 5) is 24.3. The van der Waals surface area contributed by atoms with Crippen molar-refractivity contribution < 1.29 is 18.7 Å². The van der Waals surface area contributed by atoms with E-state index in [0.29, 0.717) is 27.8 Å². The van der Waals surface area contributed by atoms with Crippen molar-refractivity contribution in [3.8, 4) is 5.75 Å². The Hall–Kier alpha value is -3.08. The molecule has 0 bridgehead atoms. The number of esters is 1. The van der Waals surface area contributed by atoms with Crippen molar-refractivity contribution in [3.63, 3.8) is 0 Å². The molecule has 5 heteroatoms. The number of fused-ring (bicyclic) bond motifs is 1. The van der Waals surface area contributed by atoms with Gasteiger partial charge in [-0.05, 0) is 44.0 Å². The van der Waals surface area contributed by atoms with Gasteiger partial charge in [-0.1, -0.05) is 30.3 Å². The lowest BCUT2D eigenvalue weighted by Gasteiger charge is -2.19. The first-order valence-corrected chi connectivity index (χ1v) is 8.26. The fraction of sp³-hybridized carbons (Fsp3) is 0.238. The fourth-order valence-electron chi connectivity index (χ4n) is 2.90. The highest BCUT2D eigenvalue weighted by atomic mass is 16.6. The number of benzene rings is 2. The lowest BCUT2D eigenvalue weighted by Crippen LogP contribution is -2.20. The van der Waals surface area contributed by atoms with Gasteiger partial charge in [0.2, 0.25) is 6.10 Å². The summed E-state index contributed by atoms with van der Waals surface area (Å²) >= 11 is 0. The number of ether oxygens (including phenoxy) is 2. The van der Waals surface area contributed by atoms with Crippen molar-refractivity contribution in [2.45, 2.75) is 26.9 Å². The number of hydrogen-bond acceptors (Lipinski definition) is 5. The van der Waals surface area contributed by atoms with Crippen LogP contribution in [0, 0.1) is 20.8 Å². The van der Waals surface area contributed by atoms with Crippen LogP contribution in [0.2, 0.25) is 0 Å². The Labute approximate surface area is 151 Å². The Morgan fingerprint density at radius 3 is 2.38 bits per heavy atom. The molecule has 0 aliphatic rings. The molecule has 0 aliphatic carbocycles. The summed E-state index contributed by atoms with van der Waals surface area (Å²) in [5.41, 5.74) is 2.88. The number of carbonyl (C=O) groups is 1. The van der Waals surface area contributed by atoms with Crippen molar-refractivity contribution >= 4 is 16.9 Å². The zero-order valence-corrected chi connectivity index (χ0v) is 15.2. The molecule has 0 aliphatic heterocycles. The molecule has 5 nitrogen and oxygen atoms in total. The van der Waals surface area contributed by atoms with Crippen LogP contribution in [0.5, 0.6) is 5.75 Å². The molecule has 3 aromatic rings. The monoisotopic (exact) mass is 352 g/mol. The standard InChI is InChI=1S/C21H20O5/c1-12-10-16(18-13(2)14(3)20(22)26-17(18)11-12)25-19(21(23)24-4)15-8-6-5-7-9-15/h5-11,19H,1-4H3/t19-/m0/s1. The van der Waals surface area contributed by atoms with Gasteiger partial charge in [-0.15, -0.1) is 0 Å². The first-order chi connectivity index (χ1) is 12.4. The van der Waals surface area contributed by atoms with Gasteiger partial charge in [-0.3, -0.25) is 0 Å². The van der Waals surface area contributed by atoms with Gasteiger partial charge in [0.05, 0.1) is 12.5 Å². The van der Waals surface area contributed by atoms with E-state index in [0.717, 1.165) is 11.1 Å². The maximum atomic E-state index is 12.3. The van der Waals surface area contributed by atoms with Gasteiger partial charge in [0.25, 0.3) is 0 Å². The van der Waals surface area contributed by atoms with Crippen molar-refractivity contribution in [1.82, 2.24) is 0 Å². The first-order valence-electron chi connectivity index (χ1n) is 8.26. The molecule has 2 aromatic carbocycles. The van der Waals surface area contributed by atoms with Gasteiger partial charge in [-0.2, -0.15) is 0 Å². The van der Waals surface area contributed by atoms with Crippen LogP contribution < -0.4 is 10.4 Å². The molecule has 0 spiro atoms. The number of methoxy groups -OCH3 is 1. The summed E-state index contributed by atoms with van der Waals surface area (Å²) in [6.07, 6.45) is -0.919. The summed E-state index contributed by atoms with van der Waals surface area (Å²) < 4.78 is 16.4. The van der Waals surface area contributed by atoms with E-state index >= 15 is 0 Å². The Morgan fingerprint density at radius 1 is 1.04 bits per heavy atom. The van der Waals surface area contributed by atoms with Crippen molar-refractivity contribution in [3.05, 3.63) is 75.1 Å². The van der Waals surface area contributed by atoms with Crippen LogP contribution in [0.4, 0.5) is 0 Å². The van der Waals surface area contributed by atoms with E-state index in [1.807, 2.05) is 38.1 Å². The first kappa shape index (κ1) is 17.7. The minimum atomic E-state index is -0.919. The molecule has 0 saturated heterocycles. The lowest BCUT2D eigenvalue weighted by atomic mass is 10.0. The Balaban J connectivity index is 2.19. The van der Waals surface area contributed by atoms with Crippen molar-refractivity contribution in [2.24, 2.45) is 0 Å². The van der Waals surface area contributed by atoms with Gasteiger partial charge in [0.15, 0.2) is 0 Å². The van der Waals surface area contributed by atoms with Crippen LogP contribution in [0.3, 0.4) is 0 Å². The quantitative estimate of drug-likeness (QED) is 0.524. The van der Waals surface area contributed by atoms with Crippen LogP contribution in [0.1, 0.15) is 28.4 Å². The second-order valence-electron chi connectivity index (χ2n) is 6.21. The van der Waals surface area contributed by atoms with Gasteiger partial charge >= 0.3 is 11.6 Å². The number of aryl methyl sites for hydroxylation is 2. The van der Waals surface area contributed by atoms with Crippen LogP contribution >= 0.6 is 0 Å². The molecule has 1 heterocycles. The fourth-order valence-corrected chi connectivity index (χ4v) is 2.90. The minimum Gasteiger partial charge on any atom is -0.473 e. The average molecular weight is 352 g/mol. The smallest absolute Gasteiger partial charge is 0.351 e. The molecule has 0 saturated carbocycles. The second kappa shape index (κ2) is 7.04. The molecule has 1 atom stereocenters. The number of carbonyl (C=O) groups excluding carboxylic acids is 1. The van der Waals surface area contributed by atoms with Crippen molar-refractivity contribution in [1.29, 1.82) is 0 Å². The van der Waals surface area contributed by atoms with Crippen LogP contribution in [0.25, 0.3) is 11.0 Å². The highest BCUT2D eigenvalue weighted by molar-refractivity contribution is 5.89. The predicted molar refractivity (Wildman–Crippen MR) is 98.5 cm³/mol. The molecule has 0 radical (unpaired) electrons. The normalized spacial score (nSPS) is 12.0. The highest BCUT2D eigenvalue weighted by Crippen LogP contribution is 2.34. The SMILES string of the molecule is COC(=O)[C@@H](Oc1cc(C)cc2oc(=O)c(C)c(C)c12)c1ccccc1. The summed E-state index contributed by atoms with van der Waals surface area (Å²) in [5, 5.41) is 0.678. The Bertz CT molecular complexity index is 1020. The molecular formula is C21H20O5. The van der Waals surface area contributed by atoms with Gasteiger partial charge in [0.1, 0.15) is 11.3 Å². The third-order valence-corrected chi connectivity index (χ3v) is 4.42. The van der Waals surface area contributed by atoms with E-state index in [9.17, 15) is 9.59 Å². The maximum Gasteiger partial charge on any atom is 0.351 e. The number of hydrogen-bond donors (Lipinski definition) is 0. The molecule has 0 fully saturated rings. The summed E-state index contributed by atoms with van der Waals surface area (Å²) in [5.74, 6) is -0.0267. The molecular weight excluding hydrogens is 332 g/mol. The molecule has 26 heavy (non-hydrogen) atoms. The van der Waals surface area contributed by atoms with Gasteiger partial charge in [0, 0.05) is 11.1 Å². The minimum absolute atomic E-state index is 0.376. The molecule has 134 valence electrons. The summed E-state index contributed by atoms with van der Waals surface area (Å²) in [6, 6.07) is 12.7. The Morgan fingerprint density at radius 2 is 1.73 bits per heavy atom. The Kier molecular flexibility index (Phi) is 4.80. The van der Waals surface area contributed by atoms with Crippen LogP contribution in [-0.4, -0.2) is 13.1 Å². The zero-order valence-electron chi connectivity index (χ0n) is 15.2. The molecule has 0 N–H and O–H groups in total. The molecule has 1 aromatic heterocycles. The van der Waals surface area contributed by atoms with Crippen molar-refractivity contribution in [2.75, 3.05) is 7.11 Å². The third kappa shape index (κ3) is 3.20. The van der Waals surface area contributed by atoms with Gasteiger partial charge < -0.3 is 13.9 Å². The van der Waals surface area contributed by atoms with Gasteiger partial charge in [-0.25, -0.2) is 9.59 Å². The topological polar surface area (TPSA) is 65.7 Å². The maximum absolute atomic E-state index is 12.3. The van der Waals surface area contributed by atoms with E-state index in [-0.39, 0.29) is 5.63 Å². The van der Waals surface area contributed by atoms with Crippen LogP contribution in [-0.2, 0) is 9.53 Å². The third-order valence-electron chi connectivity index (χ3n) is 4.42. The molecule has 3 rings (SSSR count). The van der Waals surface area contributed by atoms with E-state index in [1.54, 1.807) is 25.1 Å². The van der Waals surface area contributed by atoms with Crippen LogP contribution in [0.15, 0.2) is 51.7 Å². The molecule has 0 unspecified atom stereocenters. The van der Waals surface area contributed by atoms with E-state index in [1.165, 1.54) is 7.11 Å². The van der Waals surface area contributed by atoms with E-state index in [4.69, 9.17) is 13.9 Å².